The molecule has 3 heteroatoms. The molecule has 0 aliphatic rings. The molecule has 0 aliphatic heterocycles. The molecule has 2 aromatic carbocycles. The van der Waals surface area contributed by atoms with E-state index >= 15 is 0 Å². The molecule has 1 N–H and O–H groups in total. The molecule has 0 saturated carbocycles. The maximum absolute atomic E-state index is 4.30. The van der Waals surface area contributed by atoms with Gasteiger partial charge in [0.15, 0.2) is 0 Å². The summed E-state index contributed by atoms with van der Waals surface area (Å²) in [4.78, 5) is 0. The summed E-state index contributed by atoms with van der Waals surface area (Å²) in [5.41, 5.74) is 3.40. The number of nitrogens with zero attached hydrogens (tertiary/aromatic N) is 2. The van der Waals surface area contributed by atoms with Crippen LogP contribution in [0.2, 0.25) is 0 Å². The van der Waals surface area contributed by atoms with Gasteiger partial charge in [-0.05, 0) is 30.7 Å². The highest BCUT2D eigenvalue weighted by Gasteiger charge is 2.08. The third kappa shape index (κ3) is 2.57. The number of hydrogen-bond donors (Lipinski definition) is 1. The lowest BCUT2D eigenvalue weighted by atomic mass is 10.1. The van der Waals surface area contributed by atoms with E-state index in [1.165, 1.54) is 5.56 Å². The van der Waals surface area contributed by atoms with Crippen molar-refractivity contribution in [3.8, 4) is 5.69 Å². The van der Waals surface area contributed by atoms with E-state index in [0.717, 1.165) is 11.4 Å². The number of para-hydroxylation sites is 2. The summed E-state index contributed by atoms with van der Waals surface area (Å²) in [6.07, 6.45) is 3.74. The quantitative estimate of drug-likeness (QED) is 0.769. The smallest absolute Gasteiger partial charge is 0.0876 e. The number of anilines is 1. The summed E-state index contributed by atoms with van der Waals surface area (Å²) >= 11 is 0. The van der Waals surface area contributed by atoms with Gasteiger partial charge in [0.2, 0.25) is 0 Å². The maximum Gasteiger partial charge on any atom is 0.0876 e. The van der Waals surface area contributed by atoms with Crippen molar-refractivity contribution in [2.45, 2.75) is 13.0 Å². The molecule has 3 nitrogen and oxygen atoms in total. The lowest BCUT2D eigenvalue weighted by Gasteiger charge is -2.18. The minimum absolute atomic E-state index is 0.243. The molecule has 1 atom stereocenters. The molecule has 100 valence electrons. The van der Waals surface area contributed by atoms with Gasteiger partial charge in [-0.2, -0.15) is 5.10 Å². The zero-order valence-electron chi connectivity index (χ0n) is 11.4. The Morgan fingerprint density at radius 1 is 0.950 bits per heavy atom. The molecule has 1 unspecified atom stereocenters. The van der Waals surface area contributed by atoms with Gasteiger partial charge in [0.05, 0.1) is 11.4 Å². The van der Waals surface area contributed by atoms with Gasteiger partial charge < -0.3 is 5.32 Å². The predicted molar refractivity (Wildman–Crippen MR) is 82.0 cm³/mol. The van der Waals surface area contributed by atoms with Gasteiger partial charge in [0.1, 0.15) is 0 Å². The Morgan fingerprint density at radius 3 is 2.45 bits per heavy atom. The van der Waals surface area contributed by atoms with E-state index in [-0.39, 0.29) is 6.04 Å². The predicted octanol–water partition coefficient (Wildman–Crippen LogP) is 4.05. The van der Waals surface area contributed by atoms with Crippen LogP contribution >= 0.6 is 0 Å². The van der Waals surface area contributed by atoms with E-state index in [0.29, 0.717) is 0 Å². The maximum atomic E-state index is 4.30. The Balaban J connectivity index is 1.88. The normalized spacial score (nSPS) is 12.1. The Bertz CT molecular complexity index is 660. The van der Waals surface area contributed by atoms with E-state index in [2.05, 4.69) is 53.7 Å². The highest BCUT2D eigenvalue weighted by atomic mass is 15.3. The van der Waals surface area contributed by atoms with Crippen LogP contribution in [0, 0.1) is 0 Å². The van der Waals surface area contributed by atoms with Crippen molar-refractivity contribution in [2.24, 2.45) is 0 Å². The van der Waals surface area contributed by atoms with E-state index in [4.69, 9.17) is 0 Å². The molecule has 0 aliphatic carbocycles. The molecule has 3 aromatic rings. The largest absolute Gasteiger partial charge is 0.377 e. The van der Waals surface area contributed by atoms with Crippen molar-refractivity contribution >= 4 is 5.69 Å². The molecule has 0 bridgehead atoms. The summed E-state index contributed by atoms with van der Waals surface area (Å²) in [6, 6.07) is 20.8. The Labute approximate surface area is 118 Å². The first-order valence-corrected chi connectivity index (χ1v) is 6.75. The molecular formula is C17H17N3. The second-order valence-corrected chi connectivity index (χ2v) is 4.74. The average Bonchev–Trinajstić information content (AvgIpc) is 3.03. The van der Waals surface area contributed by atoms with Crippen molar-refractivity contribution < 1.29 is 0 Å². The van der Waals surface area contributed by atoms with Crippen molar-refractivity contribution in [3.63, 3.8) is 0 Å². The van der Waals surface area contributed by atoms with Crippen molar-refractivity contribution in [3.05, 3.63) is 78.6 Å². The van der Waals surface area contributed by atoms with Crippen LogP contribution in [0.1, 0.15) is 18.5 Å². The molecule has 1 heterocycles. The summed E-state index contributed by atoms with van der Waals surface area (Å²) in [6.45, 7) is 2.16. The number of hydrogen-bond acceptors (Lipinski definition) is 2. The van der Waals surface area contributed by atoms with Crippen molar-refractivity contribution in [1.29, 1.82) is 0 Å². The fourth-order valence-electron chi connectivity index (χ4n) is 2.27. The molecule has 0 radical (unpaired) electrons. The number of rotatable bonds is 4. The minimum Gasteiger partial charge on any atom is -0.377 e. The summed E-state index contributed by atoms with van der Waals surface area (Å²) in [5, 5.41) is 7.86. The summed E-state index contributed by atoms with van der Waals surface area (Å²) in [7, 11) is 0. The number of aromatic nitrogens is 2. The Hall–Kier alpha value is -2.55. The zero-order chi connectivity index (χ0) is 13.8. The van der Waals surface area contributed by atoms with E-state index in [1.54, 1.807) is 6.20 Å². The summed E-state index contributed by atoms with van der Waals surface area (Å²) < 4.78 is 1.88. The molecular weight excluding hydrogens is 246 g/mol. The fraction of sp³-hybridized carbons (Fsp3) is 0.118. The van der Waals surface area contributed by atoms with Crippen molar-refractivity contribution in [2.75, 3.05) is 5.32 Å². The second-order valence-electron chi connectivity index (χ2n) is 4.74. The second kappa shape index (κ2) is 5.61. The molecule has 20 heavy (non-hydrogen) atoms. The monoisotopic (exact) mass is 263 g/mol. The standard InChI is InChI=1S/C17H17N3/c1-14(15-8-3-2-4-9-15)19-16-10-5-6-11-17(16)20-13-7-12-18-20/h2-14,19H,1H3. The number of nitrogens with one attached hydrogen (secondary N) is 1. The highest BCUT2D eigenvalue weighted by Crippen LogP contribution is 2.24. The molecule has 0 amide bonds. The van der Waals surface area contributed by atoms with Crippen LogP contribution < -0.4 is 5.32 Å². The lowest BCUT2D eigenvalue weighted by molar-refractivity contribution is 0.853. The van der Waals surface area contributed by atoms with Crippen molar-refractivity contribution in [1.82, 2.24) is 9.78 Å². The van der Waals surface area contributed by atoms with Gasteiger partial charge in [-0.3, -0.25) is 0 Å². The summed E-state index contributed by atoms with van der Waals surface area (Å²) in [5.74, 6) is 0. The first-order valence-electron chi connectivity index (χ1n) is 6.75. The number of benzene rings is 2. The molecule has 1 aromatic heterocycles. The van der Waals surface area contributed by atoms with Crippen LogP contribution in [0.5, 0.6) is 0 Å². The first kappa shape index (κ1) is 12.5. The third-order valence-electron chi connectivity index (χ3n) is 3.33. The van der Waals surface area contributed by atoms with Gasteiger partial charge in [0, 0.05) is 18.4 Å². The van der Waals surface area contributed by atoms with Crippen LogP contribution in [0.3, 0.4) is 0 Å². The van der Waals surface area contributed by atoms with Crippen LogP contribution in [-0.2, 0) is 0 Å². The zero-order valence-corrected chi connectivity index (χ0v) is 11.4. The van der Waals surface area contributed by atoms with Gasteiger partial charge >= 0.3 is 0 Å². The van der Waals surface area contributed by atoms with Gasteiger partial charge in [-0.1, -0.05) is 42.5 Å². The molecule has 0 spiro atoms. The highest BCUT2D eigenvalue weighted by molar-refractivity contribution is 5.61. The first-order chi connectivity index (χ1) is 9.84. The van der Waals surface area contributed by atoms with E-state index in [1.807, 2.05) is 35.1 Å². The third-order valence-corrected chi connectivity index (χ3v) is 3.33. The Kier molecular flexibility index (Phi) is 3.50. The lowest BCUT2D eigenvalue weighted by Crippen LogP contribution is -2.09. The van der Waals surface area contributed by atoms with Crippen LogP contribution in [0.25, 0.3) is 5.69 Å². The van der Waals surface area contributed by atoms with Crippen LogP contribution in [0.15, 0.2) is 73.1 Å². The van der Waals surface area contributed by atoms with Gasteiger partial charge in [0.25, 0.3) is 0 Å². The average molecular weight is 263 g/mol. The molecule has 0 fully saturated rings. The molecule has 0 saturated heterocycles. The molecule has 3 rings (SSSR count). The topological polar surface area (TPSA) is 29.9 Å². The van der Waals surface area contributed by atoms with Gasteiger partial charge in [-0.15, -0.1) is 0 Å². The van der Waals surface area contributed by atoms with Crippen LogP contribution in [-0.4, -0.2) is 9.78 Å². The minimum atomic E-state index is 0.243. The fourth-order valence-corrected chi connectivity index (χ4v) is 2.27. The SMILES string of the molecule is CC(Nc1ccccc1-n1cccn1)c1ccccc1. The van der Waals surface area contributed by atoms with Crippen LogP contribution in [0.4, 0.5) is 5.69 Å². The Morgan fingerprint density at radius 2 is 1.70 bits per heavy atom. The van der Waals surface area contributed by atoms with E-state index < -0.39 is 0 Å². The van der Waals surface area contributed by atoms with E-state index in [9.17, 15) is 0 Å². The van der Waals surface area contributed by atoms with Gasteiger partial charge in [-0.25, -0.2) is 4.68 Å².